The minimum atomic E-state index is -1.89. The number of aromatic nitrogens is 1. The number of amides is 1. The van der Waals surface area contributed by atoms with E-state index >= 15 is 0 Å². The van der Waals surface area contributed by atoms with Crippen LogP contribution >= 0.6 is 0 Å². The number of fused-ring (bicyclic) bond motifs is 1. The maximum Gasteiger partial charge on any atom is 0.337 e. The number of halogens is 1. The van der Waals surface area contributed by atoms with Gasteiger partial charge in [0.1, 0.15) is 6.67 Å². The molecule has 3 aromatic rings. The second kappa shape index (κ2) is 7.73. The predicted molar refractivity (Wildman–Crippen MR) is 104 cm³/mol. The molecule has 0 aliphatic carbocycles. The number of nitriles is 1. The average molecular weight is 395 g/mol. The van der Waals surface area contributed by atoms with Crippen LogP contribution in [-0.2, 0) is 18.0 Å². The molecule has 3 N–H and O–H groups in total. The standard InChI is InChI=1S/C21H18FN3O4/c1-21(29,20(28)24-15-7-6-13(10-23)14(8-15)9-22)12-25-11-17(19(26)27)16-4-2-3-5-18(16)25/h2-8,11,29H,9,12H2,1H3,(H,24,28)(H,26,27)/t21-/m0/s1. The fraction of sp³-hybridized carbons (Fsp3) is 0.190. The lowest BCUT2D eigenvalue weighted by Gasteiger charge is -2.23. The van der Waals surface area contributed by atoms with Gasteiger partial charge in [0.2, 0.25) is 0 Å². The first-order valence-corrected chi connectivity index (χ1v) is 8.71. The maximum absolute atomic E-state index is 13.1. The highest BCUT2D eigenvalue weighted by Crippen LogP contribution is 2.24. The van der Waals surface area contributed by atoms with E-state index in [9.17, 15) is 24.2 Å². The number of carboxylic acid groups (broad SMARTS) is 1. The number of aliphatic hydroxyl groups is 1. The van der Waals surface area contributed by atoms with Crippen molar-refractivity contribution in [2.75, 3.05) is 5.32 Å². The van der Waals surface area contributed by atoms with E-state index in [2.05, 4.69) is 5.32 Å². The Hall–Kier alpha value is -3.70. The fourth-order valence-electron chi connectivity index (χ4n) is 3.11. The van der Waals surface area contributed by atoms with Crippen LogP contribution < -0.4 is 5.32 Å². The molecule has 0 saturated carbocycles. The summed E-state index contributed by atoms with van der Waals surface area (Å²) in [4.78, 5) is 24.1. The van der Waals surface area contributed by atoms with E-state index in [0.717, 1.165) is 0 Å². The van der Waals surface area contributed by atoms with Gasteiger partial charge in [-0.2, -0.15) is 5.26 Å². The van der Waals surface area contributed by atoms with E-state index in [1.807, 2.05) is 6.07 Å². The molecule has 7 nitrogen and oxygen atoms in total. The molecule has 0 saturated heterocycles. The molecule has 0 spiro atoms. The lowest BCUT2D eigenvalue weighted by Crippen LogP contribution is -2.43. The molecule has 0 fully saturated rings. The molecule has 1 aromatic heterocycles. The Morgan fingerprint density at radius 1 is 1.28 bits per heavy atom. The smallest absolute Gasteiger partial charge is 0.337 e. The van der Waals surface area contributed by atoms with E-state index in [1.165, 1.54) is 35.9 Å². The fourth-order valence-corrected chi connectivity index (χ4v) is 3.11. The molecule has 8 heteroatoms. The topological polar surface area (TPSA) is 115 Å². The van der Waals surface area contributed by atoms with Gasteiger partial charge in [-0.05, 0) is 31.2 Å². The molecule has 3 rings (SSSR count). The number of hydrogen-bond donors (Lipinski definition) is 3. The number of carboxylic acids is 1. The number of para-hydroxylation sites is 1. The van der Waals surface area contributed by atoms with Gasteiger partial charge in [0, 0.05) is 28.4 Å². The summed E-state index contributed by atoms with van der Waals surface area (Å²) >= 11 is 0. The molecular formula is C21H18FN3O4. The van der Waals surface area contributed by atoms with Gasteiger partial charge < -0.3 is 20.1 Å². The maximum atomic E-state index is 13.1. The van der Waals surface area contributed by atoms with E-state index in [1.54, 1.807) is 24.3 Å². The first-order chi connectivity index (χ1) is 13.8. The summed E-state index contributed by atoms with van der Waals surface area (Å²) in [5, 5.41) is 32.1. The summed E-state index contributed by atoms with van der Waals surface area (Å²) in [6.45, 7) is 0.243. The summed E-state index contributed by atoms with van der Waals surface area (Å²) in [7, 11) is 0. The van der Waals surface area contributed by atoms with Crippen LogP contribution in [0.2, 0.25) is 0 Å². The summed E-state index contributed by atoms with van der Waals surface area (Å²) in [5.41, 5.74) is -0.718. The number of rotatable bonds is 6. The normalized spacial score (nSPS) is 12.9. The Kier molecular flexibility index (Phi) is 5.35. The van der Waals surface area contributed by atoms with Crippen LogP contribution in [0.5, 0.6) is 0 Å². The summed E-state index contributed by atoms with van der Waals surface area (Å²) in [6.07, 6.45) is 1.37. The van der Waals surface area contributed by atoms with Gasteiger partial charge in [-0.3, -0.25) is 4.79 Å². The molecule has 29 heavy (non-hydrogen) atoms. The van der Waals surface area contributed by atoms with Crippen LogP contribution in [-0.4, -0.2) is 32.3 Å². The molecule has 2 aromatic carbocycles. The Labute approximate surface area is 165 Å². The van der Waals surface area contributed by atoms with Crippen molar-refractivity contribution >= 4 is 28.5 Å². The monoisotopic (exact) mass is 395 g/mol. The number of aromatic carboxylic acids is 1. The van der Waals surface area contributed by atoms with Crippen molar-refractivity contribution in [1.82, 2.24) is 4.57 Å². The van der Waals surface area contributed by atoms with Crippen molar-refractivity contribution in [3.05, 3.63) is 65.4 Å². The number of nitrogens with zero attached hydrogens (tertiary/aromatic N) is 2. The zero-order valence-electron chi connectivity index (χ0n) is 15.5. The van der Waals surface area contributed by atoms with Gasteiger partial charge in [0.05, 0.1) is 23.7 Å². The lowest BCUT2D eigenvalue weighted by molar-refractivity contribution is -0.133. The molecule has 0 aliphatic heterocycles. The summed E-state index contributed by atoms with van der Waals surface area (Å²) < 4.78 is 14.6. The van der Waals surface area contributed by atoms with E-state index in [4.69, 9.17) is 5.26 Å². The quantitative estimate of drug-likeness (QED) is 0.593. The van der Waals surface area contributed by atoms with Crippen molar-refractivity contribution in [2.45, 2.75) is 25.7 Å². The molecule has 1 atom stereocenters. The van der Waals surface area contributed by atoms with Crippen molar-refractivity contribution in [3.8, 4) is 6.07 Å². The molecule has 0 aliphatic rings. The first-order valence-electron chi connectivity index (χ1n) is 8.71. The van der Waals surface area contributed by atoms with Gasteiger partial charge in [0.15, 0.2) is 5.60 Å². The summed E-state index contributed by atoms with van der Waals surface area (Å²) in [6, 6.07) is 12.8. The second-order valence-electron chi connectivity index (χ2n) is 6.84. The van der Waals surface area contributed by atoms with Gasteiger partial charge in [-0.1, -0.05) is 18.2 Å². The highest BCUT2D eigenvalue weighted by atomic mass is 19.1. The minimum absolute atomic E-state index is 0.0662. The number of carbonyl (C=O) groups excluding carboxylic acids is 1. The average Bonchev–Trinajstić information content (AvgIpc) is 3.06. The van der Waals surface area contributed by atoms with Crippen LogP contribution in [0.1, 0.15) is 28.4 Å². The Balaban J connectivity index is 1.86. The van der Waals surface area contributed by atoms with E-state index in [0.29, 0.717) is 10.9 Å². The van der Waals surface area contributed by atoms with Crippen LogP contribution in [0.3, 0.4) is 0 Å². The third-order valence-electron chi connectivity index (χ3n) is 4.61. The highest BCUT2D eigenvalue weighted by Gasteiger charge is 2.32. The number of carbonyl (C=O) groups is 2. The molecule has 0 unspecified atom stereocenters. The minimum Gasteiger partial charge on any atom is -0.478 e. The van der Waals surface area contributed by atoms with Gasteiger partial charge >= 0.3 is 5.97 Å². The highest BCUT2D eigenvalue weighted by molar-refractivity contribution is 6.03. The predicted octanol–water partition coefficient (Wildman–Crippen LogP) is 3.07. The van der Waals surface area contributed by atoms with Crippen molar-refractivity contribution in [1.29, 1.82) is 5.26 Å². The van der Waals surface area contributed by atoms with Gasteiger partial charge in [-0.25, -0.2) is 9.18 Å². The van der Waals surface area contributed by atoms with Crippen molar-refractivity contribution < 1.29 is 24.2 Å². The van der Waals surface area contributed by atoms with Crippen LogP contribution in [0.4, 0.5) is 10.1 Å². The second-order valence-corrected chi connectivity index (χ2v) is 6.84. The Morgan fingerprint density at radius 3 is 2.66 bits per heavy atom. The molecule has 0 radical (unpaired) electrons. The SMILES string of the molecule is C[C@](O)(Cn1cc(C(=O)O)c2ccccc21)C(=O)Nc1ccc(C#N)c(CF)c1. The molecule has 1 amide bonds. The number of benzene rings is 2. The Morgan fingerprint density at radius 2 is 2.00 bits per heavy atom. The number of nitrogens with one attached hydrogen (secondary N) is 1. The zero-order chi connectivity index (χ0) is 21.2. The lowest BCUT2D eigenvalue weighted by atomic mass is 10.0. The largest absolute Gasteiger partial charge is 0.478 e. The molecule has 148 valence electrons. The first kappa shape index (κ1) is 20.0. The molecule has 0 bridgehead atoms. The van der Waals surface area contributed by atoms with Crippen LogP contribution in [0.25, 0.3) is 10.9 Å². The van der Waals surface area contributed by atoms with Crippen LogP contribution in [0, 0.1) is 11.3 Å². The number of hydrogen-bond acceptors (Lipinski definition) is 4. The van der Waals surface area contributed by atoms with E-state index in [-0.39, 0.29) is 28.9 Å². The van der Waals surface area contributed by atoms with Crippen molar-refractivity contribution in [3.63, 3.8) is 0 Å². The van der Waals surface area contributed by atoms with E-state index < -0.39 is 24.2 Å². The molecular weight excluding hydrogens is 377 g/mol. The van der Waals surface area contributed by atoms with Gasteiger partial charge in [0.25, 0.3) is 5.91 Å². The Bertz CT molecular complexity index is 1140. The van der Waals surface area contributed by atoms with Crippen molar-refractivity contribution in [2.24, 2.45) is 0 Å². The molecule has 1 heterocycles. The third-order valence-corrected chi connectivity index (χ3v) is 4.61. The van der Waals surface area contributed by atoms with Gasteiger partial charge in [-0.15, -0.1) is 0 Å². The van der Waals surface area contributed by atoms with Crippen LogP contribution in [0.15, 0.2) is 48.7 Å². The zero-order valence-corrected chi connectivity index (χ0v) is 15.5. The number of anilines is 1. The summed E-state index contributed by atoms with van der Waals surface area (Å²) in [5.74, 6) is -1.86. The number of alkyl halides is 1. The third kappa shape index (κ3) is 3.95.